The molecule has 0 saturated carbocycles. The van der Waals surface area contributed by atoms with Gasteiger partial charge in [0.1, 0.15) is 5.78 Å². The number of Topliss-reactive ketones (excluding diaryl/α,β-unsaturated/α-hetero) is 1. The van der Waals surface area contributed by atoms with E-state index in [1.165, 1.54) is 31.9 Å². The first-order valence-electron chi connectivity index (χ1n) is 8.46. The Bertz CT molecular complexity index is 723. The van der Waals surface area contributed by atoms with Crippen molar-refractivity contribution >= 4 is 27.0 Å². The Balaban J connectivity index is 0.000000271. The molecule has 0 aliphatic heterocycles. The highest BCUT2D eigenvalue weighted by molar-refractivity contribution is 7.18. The van der Waals surface area contributed by atoms with Crippen LogP contribution in [-0.4, -0.2) is 38.1 Å². The third kappa shape index (κ3) is 7.32. The van der Waals surface area contributed by atoms with Crippen LogP contribution in [0.4, 0.5) is 0 Å². The van der Waals surface area contributed by atoms with Crippen LogP contribution in [0.15, 0.2) is 54.6 Å². The van der Waals surface area contributed by atoms with Crippen molar-refractivity contribution in [1.82, 2.24) is 0 Å². The second-order valence-electron chi connectivity index (χ2n) is 5.79. The Kier molecular flexibility index (Phi) is 9.99. The van der Waals surface area contributed by atoms with Crippen LogP contribution in [0.25, 0.3) is 0 Å². The maximum Gasteiger partial charge on any atom is 0.338 e. The molecule has 27 heavy (non-hydrogen) atoms. The number of hydrogen-bond acceptors (Lipinski definition) is 5. The molecular weight excluding hydrogens is 363 g/mol. The zero-order valence-corrected chi connectivity index (χ0v) is 17.0. The summed E-state index contributed by atoms with van der Waals surface area (Å²) in [5.41, 5.74) is 1.66. The summed E-state index contributed by atoms with van der Waals surface area (Å²) >= 11 is 0. The molecule has 0 aliphatic carbocycles. The normalized spacial score (nSPS) is 10.8. The number of ketones is 1. The summed E-state index contributed by atoms with van der Waals surface area (Å²) in [6, 6.07) is 16.5. The van der Waals surface area contributed by atoms with Crippen molar-refractivity contribution in [3.8, 4) is 0 Å². The van der Waals surface area contributed by atoms with E-state index < -0.39 is 11.9 Å². The van der Waals surface area contributed by atoms with Crippen LogP contribution >= 0.6 is 9.24 Å². The number of ether oxygens (including phenoxy) is 2. The zero-order chi connectivity index (χ0) is 20.2. The Hall–Kier alpha value is -2.52. The van der Waals surface area contributed by atoms with Gasteiger partial charge in [-0.1, -0.05) is 49.4 Å². The summed E-state index contributed by atoms with van der Waals surface area (Å²) in [5.74, 6) is -0.647. The molecule has 2 atom stereocenters. The van der Waals surface area contributed by atoms with Gasteiger partial charge < -0.3 is 9.47 Å². The largest absolute Gasteiger partial charge is 0.465 e. The van der Waals surface area contributed by atoms with E-state index in [2.05, 4.69) is 30.8 Å². The average Bonchev–Trinajstić information content (AvgIpc) is 2.73. The number of benzene rings is 2. The molecule has 0 aliphatic rings. The molecule has 6 heteroatoms. The first kappa shape index (κ1) is 22.5. The van der Waals surface area contributed by atoms with Gasteiger partial charge in [-0.15, -0.1) is 9.24 Å². The molecule has 2 aromatic rings. The minimum absolute atomic E-state index is 0.139. The van der Waals surface area contributed by atoms with E-state index in [9.17, 15) is 14.4 Å². The third-order valence-corrected chi connectivity index (χ3v) is 4.28. The topological polar surface area (TPSA) is 69.7 Å². The van der Waals surface area contributed by atoms with Gasteiger partial charge in [0, 0.05) is 12.1 Å². The molecule has 144 valence electrons. The van der Waals surface area contributed by atoms with E-state index >= 15 is 0 Å². The molecule has 0 saturated heterocycles. The average molecular weight is 388 g/mol. The van der Waals surface area contributed by atoms with Crippen molar-refractivity contribution in [3.05, 3.63) is 71.3 Å². The molecule has 0 bridgehead atoms. The fourth-order valence-corrected chi connectivity index (χ4v) is 2.74. The van der Waals surface area contributed by atoms with Gasteiger partial charge in [-0.3, -0.25) is 4.79 Å². The number of carbonyl (C=O) groups is 3. The predicted octanol–water partition coefficient (Wildman–Crippen LogP) is 3.57. The summed E-state index contributed by atoms with van der Waals surface area (Å²) in [6.45, 7) is 1.99. The molecule has 2 rings (SSSR count). The number of carbonyl (C=O) groups excluding carboxylic acids is 3. The molecular formula is C21H25O5P. The number of methoxy groups -OCH3 is 2. The number of esters is 2. The van der Waals surface area contributed by atoms with Crippen molar-refractivity contribution in [2.75, 3.05) is 20.4 Å². The molecule has 0 amide bonds. The van der Waals surface area contributed by atoms with Gasteiger partial charge in [0.2, 0.25) is 0 Å². The van der Waals surface area contributed by atoms with Crippen LogP contribution in [0.5, 0.6) is 0 Å². The lowest BCUT2D eigenvalue weighted by Gasteiger charge is -2.08. The minimum Gasteiger partial charge on any atom is -0.465 e. The van der Waals surface area contributed by atoms with E-state index in [0.29, 0.717) is 11.9 Å². The fourth-order valence-electron chi connectivity index (χ4n) is 2.34. The maximum atomic E-state index is 11.3. The van der Waals surface area contributed by atoms with Crippen LogP contribution < -0.4 is 0 Å². The van der Waals surface area contributed by atoms with E-state index in [0.717, 1.165) is 6.42 Å². The highest BCUT2D eigenvalue weighted by Crippen LogP contribution is 2.11. The predicted molar refractivity (Wildman–Crippen MR) is 108 cm³/mol. The highest BCUT2D eigenvalue weighted by atomic mass is 31.0. The van der Waals surface area contributed by atoms with Gasteiger partial charge in [-0.2, -0.15) is 0 Å². The molecule has 2 unspecified atom stereocenters. The summed E-state index contributed by atoms with van der Waals surface area (Å²) in [5, 5.41) is 0. The van der Waals surface area contributed by atoms with Gasteiger partial charge in [0.15, 0.2) is 0 Å². The van der Waals surface area contributed by atoms with Gasteiger partial charge in [-0.25, -0.2) is 9.59 Å². The summed E-state index contributed by atoms with van der Waals surface area (Å²) in [6.07, 6.45) is 1.42. The van der Waals surface area contributed by atoms with E-state index in [4.69, 9.17) is 0 Å². The van der Waals surface area contributed by atoms with Gasteiger partial charge in [0.05, 0.1) is 25.3 Å². The second-order valence-corrected chi connectivity index (χ2v) is 6.20. The Labute approximate surface area is 162 Å². The minimum atomic E-state index is -0.550. The van der Waals surface area contributed by atoms with Crippen LogP contribution in [0, 0.1) is 5.92 Å². The molecule has 5 nitrogen and oxygen atoms in total. The summed E-state index contributed by atoms with van der Waals surface area (Å²) in [4.78, 5) is 33.7. The molecule has 0 heterocycles. The smallest absolute Gasteiger partial charge is 0.338 e. The van der Waals surface area contributed by atoms with E-state index in [1.54, 1.807) is 12.1 Å². The molecule has 0 fully saturated rings. The lowest BCUT2D eigenvalue weighted by molar-refractivity contribution is -0.119. The van der Waals surface area contributed by atoms with Crippen molar-refractivity contribution in [2.24, 2.45) is 5.92 Å². The quantitative estimate of drug-likeness (QED) is 0.559. The van der Waals surface area contributed by atoms with Crippen molar-refractivity contribution in [2.45, 2.75) is 13.3 Å². The summed E-state index contributed by atoms with van der Waals surface area (Å²) < 4.78 is 9.05. The standard InChI is InChI=1S/C11H15OP.C10H10O4/c1-9(11(12)8-13)7-10-5-3-2-4-6-10;1-13-9(11)7-5-3-4-6-8(7)10(12)14-2/h2-6,9H,7-8,13H2,1H3;3-6H,1-2H3. The van der Waals surface area contributed by atoms with Gasteiger partial charge >= 0.3 is 11.9 Å². The second kappa shape index (κ2) is 12.0. The zero-order valence-electron chi connectivity index (χ0n) is 15.8. The first-order valence-corrected chi connectivity index (χ1v) is 9.28. The number of hydrogen-bond donors (Lipinski definition) is 0. The number of rotatable bonds is 6. The monoisotopic (exact) mass is 388 g/mol. The molecule has 0 aromatic heterocycles. The van der Waals surface area contributed by atoms with Crippen molar-refractivity contribution < 1.29 is 23.9 Å². The molecule has 0 spiro atoms. The van der Waals surface area contributed by atoms with E-state index in [-0.39, 0.29) is 17.0 Å². The first-order chi connectivity index (χ1) is 12.9. The third-order valence-electron chi connectivity index (χ3n) is 3.87. The van der Waals surface area contributed by atoms with Crippen molar-refractivity contribution in [3.63, 3.8) is 0 Å². The molecule has 0 radical (unpaired) electrons. The van der Waals surface area contributed by atoms with E-state index in [1.807, 2.05) is 25.1 Å². The fraction of sp³-hybridized carbons (Fsp3) is 0.286. The molecule has 0 N–H and O–H groups in total. The maximum absolute atomic E-state index is 11.3. The lowest BCUT2D eigenvalue weighted by Crippen LogP contribution is -2.14. The van der Waals surface area contributed by atoms with Crippen LogP contribution in [0.3, 0.4) is 0 Å². The Morgan fingerprint density at radius 1 is 0.852 bits per heavy atom. The SMILES string of the molecule is CC(Cc1ccccc1)C(=O)CP.COC(=O)c1ccccc1C(=O)OC. The molecule has 2 aromatic carbocycles. The van der Waals surface area contributed by atoms with Crippen LogP contribution in [0.1, 0.15) is 33.2 Å². The summed E-state index contributed by atoms with van der Waals surface area (Å²) in [7, 11) is 5.00. The van der Waals surface area contributed by atoms with Gasteiger partial charge in [0.25, 0.3) is 0 Å². The van der Waals surface area contributed by atoms with Gasteiger partial charge in [-0.05, 0) is 24.1 Å². The van der Waals surface area contributed by atoms with Crippen LogP contribution in [-0.2, 0) is 20.7 Å². The highest BCUT2D eigenvalue weighted by Gasteiger charge is 2.16. The van der Waals surface area contributed by atoms with Crippen molar-refractivity contribution in [1.29, 1.82) is 0 Å². The lowest BCUT2D eigenvalue weighted by atomic mass is 9.98. The Morgan fingerprint density at radius 3 is 1.70 bits per heavy atom. The van der Waals surface area contributed by atoms with Crippen LogP contribution in [0.2, 0.25) is 0 Å². The Morgan fingerprint density at radius 2 is 1.30 bits per heavy atom.